The predicted molar refractivity (Wildman–Crippen MR) is 55.4 cm³/mol. The first-order valence-electron chi connectivity index (χ1n) is 4.57. The van der Waals surface area contributed by atoms with Crippen LogP contribution in [0.2, 0.25) is 0 Å². The predicted octanol–water partition coefficient (Wildman–Crippen LogP) is 1.88. The topological polar surface area (TPSA) is 35.2 Å². The molecule has 0 radical (unpaired) electrons. The molecule has 1 aromatic rings. The number of hydrogen-bond acceptors (Lipinski definition) is 2. The summed E-state index contributed by atoms with van der Waals surface area (Å²) in [6.07, 6.45) is 0. The van der Waals surface area contributed by atoms with Crippen LogP contribution >= 0.6 is 0 Å². The highest BCUT2D eigenvalue weighted by Gasteiger charge is 2.25. The molecule has 1 aromatic carbocycles. The summed E-state index contributed by atoms with van der Waals surface area (Å²) in [6.45, 7) is 1.63. The van der Waals surface area contributed by atoms with Gasteiger partial charge in [-0.25, -0.2) is 0 Å². The summed E-state index contributed by atoms with van der Waals surface area (Å²) in [5.74, 6) is 0.732. The zero-order valence-corrected chi connectivity index (χ0v) is 8.59. The maximum atomic E-state index is 12.8. The normalized spacial score (nSPS) is 14.9. The minimum absolute atomic E-state index is 0.288. The Morgan fingerprint density at radius 1 is 1.50 bits per heavy atom. The van der Waals surface area contributed by atoms with E-state index in [1.54, 1.807) is 7.11 Å². The van der Waals surface area contributed by atoms with Crippen LogP contribution < -0.4 is 10.5 Å². The van der Waals surface area contributed by atoms with E-state index < -0.39 is 12.1 Å². The number of rotatable bonds is 4. The third-order valence-electron chi connectivity index (χ3n) is 2.51. The molecule has 3 heteroatoms. The molecular weight excluding hydrogens is 181 g/mol. The average Bonchev–Trinajstić information content (AvgIpc) is 2.28. The molecule has 0 amide bonds. The number of halogens is 1. The van der Waals surface area contributed by atoms with Crippen molar-refractivity contribution in [1.29, 1.82) is 0 Å². The molecule has 2 N–H and O–H groups in total. The molecule has 1 rings (SSSR count). The highest BCUT2D eigenvalue weighted by Crippen LogP contribution is 2.26. The smallest absolute Gasteiger partial charge is 0.119 e. The summed E-state index contributed by atoms with van der Waals surface area (Å²) in [5.41, 5.74) is 5.83. The molecule has 1 atom stereocenters. The third-order valence-corrected chi connectivity index (χ3v) is 2.51. The van der Waals surface area contributed by atoms with Crippen molar-refractivity contribution in [2.75, 3.05) is 20.3 Å². The largest absolute Gasteiger partial charge is 0.497 e. The molecule has 0 heterocycles. The van der Waals surface area contributed by atoms with Gasteiger partial charge in [-0.15, -0.1) is 0 Å². The second-order valence-electron chi connectivity index (χ2n) is 3.63. The summed E-state index contributed by atoms with van der Waals surface area (Å²) in [6, 6.07) is 7.37. The molecule has 0 aliphatic carbocycles. The first-order valence-corrected chi connectivity index (χ1v) is 4.57. The van der Waals surface area contributed by atoms with Gasteiger partial charge in [0.25, 0.3) is 0 Å². The van der Waals surface area contributed by atoms with E-state index in [1.165, 1.54) is 0 Å². The second-order valence-corrected chi connectivity index (χ2v) is 3.63. The standard InChI is InChI=1S/C11H16FNO/c1-11(7-12,8-13)9-4-3-5-10(6-9)14-2/h3-6H,7-8,13H2,1-2H3. The Morgan fingerprint density at radius 3 is 2.71 bits per heavy atom. The van der Waals surface area contributed by atoms with Gasteiger partial charge in [0.1, 0.15) is 5.75 Å². The molecule has 0 fully saturated rings. The van der Waals surface area contributed by atoms with Gasteiger partial charge in [-0.05, 0) is 17.7 Å². The Morgan fingerprint density at radius 2 is 2.21 bits per heavy atom. The van der Waals surface area contributed by atoms with E-state index in [2.05, 4.69) is 0 Å². The van der Waals surface area contributed by atoms with Gasteiger partial charge in [-0.3, -0.25) is 4.39 Å². The van der Waals surface area contributed by atoms with Crippen molar-refractivity contribution >= 4 is 0 Å². The lowest BCUT2D eigenvalue weighted by molar-refractivity contribution is 0.332. The fourth-order valence-corrected chi connectivity index (χ4v) is 1.25. The van der Waals surface area contributed by atoms with E-state index in [-0.39, 0.29) is 6.54 Å². The summed E-state index contributed by atoms with van der Waals surface area (Å²) >= 11 is 0. The number of alkyl halides is 1. The maximum absolute atomic E-state index is 12.8. The SMILES string of the molecule is COc1cccc(C(C)(CN)CF)c1. The molecule has 14 heavy (non-hydrogen) atoms. The van der Waals surface area contributed by atoms with Gasteiger partial charge in [0.15, 0.2) is 0 Å². The molecule has 0 saturated carbocycles. The highest BCUT2D eigenvalue weighted by molar-refractivity contribution is 5.33. The lowest BCUT2D eigenvalue weighted by atomic mass is 9.84. The number of ether oxygens (including phenoxy) is 1. The molecule has 0 bridgehead atoms. The zero-order chi connectivity index (χ0) is 10.6. The fourth-order valence-electron chi connectivity index (χ4n) is 1.25. The Hall–Kier alpha value is -1.09. The minimum atomic E-state index is -0.603. The molecular formula is C11H16FNO. The van der Waals surface area contributed by atoms with Crippen LogP contribution in [0.1, 0.15) is 12.5 Å². The van der Waals surface area contributed by atoms with E-state index in [4.69, 9.17) is 10.5 Å². The number of methoxy groups -OCH3 is 1. The van der Waals surface area contributed by atoms with Crippen molar-refractivity contribution in [2.45, 2.75) is 12.3 Å². The Bertz CT molecular complexity index is 297. The van der Waals surface area contributed by atoms with Crippen LogP contribution in [-0.2, 0) is 5.41 Å². The second kappa shape index (κ2) is 4.42. The van der Waals surface area contributed by atoms with Gasteiger partial charge in [0.2, 0.25) is 0 Å². The number of nitrogens with two attached hydrogens (primary N) is 1. The van der Waals surface area contributed by atoms with Crippen molar-refractivity contribution < 1.29 is 9.13 Å². The number of hydrogen-bond donors (Lipinski definition) is 1. The van der Waals surface area contributed by atoms with Gasteiger partial charge in [0.05, 0.1) is 13.8 Å². The van der Waals surface area contributed by atoms with Crippen molar-refractivity contribution in [2.24, 2.45) is 5.73 Å². The molecule has 78 valence electrons. The first-order chi connectivity index (χ1) is 6.66. The summed E-state index contributed by atoms with van der Waals surface area (Å²) in [5, 5.41) is 0. The van der Waals surface area contributed by atoms with Crippen LogP contribution in [0.25, 0.3) is 0 Å². The quantitative estimate of drug-likeness (QED) is 0.799. The highest BCUT2D eigenvalue weighted by atomic mass is 19.1. The molecule has 2 nitrogen and oxygen atoms in total. The summed E-state index contributed by atoms with van der Waals surface area (Å²) < 4.78 is 17.9. The molecule has 0 spiro atoms. The molecule has 0 aliphatic rings. The molecule has 0 aromatic heterocycles. The first kappa shape index (κ1) is 11.0. The van der Waals surface area contributed by atoms with Crippen LogP contribution in [0.5, 0.6) is 5.75 Å². The van der Waals surface area contributed by atoms with Gasteiger partial charge < -0.3 is 10.5 Å². The van der Waals surface area contributed by atoms with E-state index in [0.717, 1.165) is 11.3 Å². The zero-order valence-electron chi connectivity index (χ0n) is 8.59. The van der Waals surface area contributed by atoms with Crippen LogP contribution in [0.3, 0.4) is 0 Å². The van der Waals surface area contributed by atoms with E-state index in [9.17, 15) is 4.39 Å². The Labute approximate surface area is 83.9 Å². The van der Waals surface area contributed by atoms with Gasteiger partial charge in [0, 0.05) is 12.0 Å². The Kier molecular flexibility index (Phi) is 3.47. The van der Waals surface area contributed by atoms with Crippen LogP contribution in [-0.4, -0.2) is 20.3 Å². The average molecular weight is 197 g/mol. The van der Waals surface area contributed by atoms with E-state index in [0.29, 0.717) is 0 Å². The van der Waals surface area contributed by atoms with Gasteiger partial charge in [-0.1, -0.05) is 19.1 Å². The lowest BCUT2D eigenvalue weighted by Gasteiger charge is -2.25. The van der Waals surface area contributed by atoms with E-state index >= 15 is 0 Å². The number of benzene rings is 1. The summed E-state index contributed by atoms with van der Waals surface area (Å²) in [4.78, 5) is 0. The summed E-state index contributed by atoms with van der Waals surface area (Å²) in [7, 11) is 1.59. The fraction of sp³-hybridized carbons (Fsp3) is 0.455. The molecule has 1 unspecified atom stereocenters. The maximum Gasteiger partial charge on any atom is 0.119 e. The van der Waals surface area contributed by atoms with E-state index in [1.807, 2.05) is 31.2 Å². The molecule has 0 saturated heterocycles. The van der Waals surface area contributed by atoms with Crippen LogP contribution in [0.4, 0.5) is 4.39 Å². The van der Waals surface area contributed by atoms with Crippen molar-refractivity contribution in [3.63, 3.8) is 0 Å². The Balaban J connectivity index is 3.04. The third kappa shape index (κ3) is 2.04. The van der Waals surface area contributed by atoms with Crippen LogP contribution in [0, 0.1) is 0 Å². The van der Waals surface area contributed by atoms with Crippen LogP contribution in [0.15, 0.2) is 24.3 Å². The van der Waals surface area contributed by atoms with Crippen molar-refractivity contribution in [3.05, 3.63) is 29.8 Å². The van der Waals surface area contributed by atoms with Crippen molar-refractivity contribution in [3.8, 4) is 5.75 Å². The monoisotopic (exact) mass is 197 g/mol. The minimum Gasteiger partial charge on any atom is -0.497 e. The molecule has 0 aliphatic heterocycles. The van der Waals surface area contributed by atoms with Gasteiger partial charge in [-0.2, -0.15) is 0 Å². The lowest BCUT2D eigenvalue weighted by Crippen LogP contribution is -2.33. The van der Waals surface area contributed by atoms with Gasteiger partial charge >= 0.3 is 0 Å². The van der Waals surface area contributed by atoms with Crippen molar-refractivity contribution in [1.82, 2.24) is 0 Å².